The van der Waals surface area contributed by atoms with E-state index < -0.39 is 0 Å². The van der Waals surface area contributed by atoms with Crippen LogP contribution in [0.25, 0.3) is 0 Å². The molecule has 2 aromatic heterocycles. The fourth-order valence-corrected chi connectivity index (χ4v) is 3.13. The summed E-state index contributed by atoms with van der Waals surface area (Å²) in [5.41, 5.74) is 1.07. The minimum atomic E-state index is -0.112. The number of carbonyl (C=O) groups excluding carboxylic acids is 1. The Kier molecular flexibility index (Phi) is 6.11. The molecule has 0 spiro atoms. The van der Waals surface area contributed by atoms with Gasteiger partial charge in [0.1, 0.15) is 6.04 Å². The highest BCUT2D eigenvalue weighted by Crippen LogP contribution is 2.30. The lowest BCUT2D eigenvalue weighted by Crippen LogP contribution is -2.38. The van der Waals surface area contributed by atoms with Gasteiger partial charge in [0, 0.05) is 38.9 Å². The monoisotopic (exact) mass is 344 g/mol. The van der Waals surface area contributed by atoms with E-state index in [9.17, 15) is 4.79 Å². The van der Waals surface area contributed by atoms with Crippen LogP contribution < -0.4 is 0 Å². The van der Waals surface area contributed by atoms with Crippen LogP contribution in [0.3, 0.4) is 0 Å². The van der Waals surface area contributed by atoms with E-state index in [-0.39, 0.29) is 11.9 Å². The maximum atomic E-state index is 12.7. The Morgan fingerprint density at radius 3 is 3.12 bits per heavy atom. The summed E-state index contributed by atoms with van der Waals surface area (Å²) in [6.45, 7) is 1.30. The van der Waals surface area contributed by atoms with Crippen LogP contribution in [0.5, 0.6) is 0 Å². The summed E-state index contributed by atoms with van der Waals surface area (Å²) in [7, 11) is 1.64. The first-order chi connectivity index (χ1) is 12.3. The number of rotatable bonds is 7. The SMILES string of the molecule is COCCc1noc(C2CCCCN2C(=O)CCc2cccnc2)n1. The van der Waals surface area contributed by atoms with E-state index in [2.05, 4.69) is 15.1 Å². The normalized spacial score (nSPS) is 17.6. The Morgan fingerprint density at radius 1 is 1.40 bits per heavy atom. The van der Waals surface area contributed by atoms with Crippen molar-refractivity contribution >= 4 is 5.91 Å². The number of nitrogens with zero attached hydrogens (tertiary/aromatic N) is 4. The Bertz CT molecular complexity index is 674. The number of amides is 1. The number of aryl methyl sites for hydroxylation is 1. The summed E-state index contributed by atoms with van der Waals surface area (Å²) < 4.78 is 10.5. The second kappa shape index (κ2) is 8.71. The number of carbonyl (C=O) groups is 1. The molecule has 1 atom stereocenters. The van der Waals surface area contributed by atoms with Gasteiger partial charge in [0.05, 0.1) is 6.61 Å². The van der Waals surface area contributed by atoms with Crippen molar-refractivity contribution in [3.8, 4) is 0 Å². The van der Waals surface area contributed by atoms with Gasteiger partial charge in [-0.3, -0.25) is 9.78 Å². The second-order valence-electron chi connectivity index (χ2n) is 6.25. The lowest BCUT2D eigenvalue weighted by atomic mass is 10.0. The van der Waals surface area contributed by atoms with Gasteiger partial charge >= 0.3 is 0 Å². The summed E-state index contributed by atoms with van der Waals surface area (Å²) in [6, 6.07) is 3.77. The minimum absolute atomic E-state index is 0.112. The number of likely N-dealkylation sites (tertiary alicyclic amines) is 1. The molecule has 3 heterocycles. The number of hydrogen-bond acceptors (Lipinski definition) is 6. The Hall–Kier alpha value is -2.28. The molecule has 1 amide bonds. The predicted molar refractivity (Wildman–Crippen MR) is 90.7 cm³/mol. The third kappa shape index (κ3) is 4.63. The summed E-state index contributed by atoms with van der Waals surface area (Å²) in [5, 5.41) is 4.00. The van der Waals surface area contributed by atoms with Gasteiger partial charge in [0.15, 0.2) is 5.82 Å². The van der Waals surface area contributed by atoms with Crippen LogP contribution in [0.1, 0.15) is 49.0 Å². The maximum Gasteiger partial charge on any atom is 0.249 e. The predicted octanol–water partition coefficient (Wildman–Crippen LogP) is 2.34. The zero-order valence-electron chi connectivity index (χ0n) is 14.6. The molecular formula is C18H24N4O3. The van der Waals surface area contributed by atoms with Crippen molar-refractivity contribution in [3.05, 3.63) is 41.8 Å². The maximum absolute atomic E-state index is 12.7. The number of hydrogen-bond donors (Lipinski definition) is 0. The number of ether oxygens (including phenoxy) is 1. The molecule has 0 aliphatic carbocycles. The molecule has 134 valence electrons. The van der Waals surface area contributed by atoms with Crippen molar-refractivity contribution in [2.75, 3.05) is 20.3 Å². The molecular weight excluding hydrogens is 320 g/mol. The van der Waals surface area contributed by atoms with Crippen molar-refractivity contribution in [1.82, 2.24) is 20.0 Å². The second-order valence-corrected chi connectivity index (χ2v) is 6.25. The molecule has 25 heavy (non-hydrogen) atoms. The van der Waals surface area contributed by atoms with Gasteiger partial charge in [-0.25, -0.2) is 0 Å². The lowest BCUT2D eigenvalue weighted by Gasteiger charge is -2.33. The highest BCUT2D eigenvalue weighted by atomic mass is 16.5. The Balaban J connectivity index is 1.63. The van der Waals surface area contributed by atoms with Crippen molar-refractivity contribution < 1.29 is 14.1 Å². The van der Waals surface area contributed by atoms with Crippen molar-refractivity contribution in [2.45, 2.75) is 44.6 Å². The van der Waals surface area contributed by atoms with Gasteiger partial charge in [-0.1, -0.05) is 11.2 Å². The summed E-state index contributed by atoms with van der Waals surface area (Å²) >= 11 is 0. The largest absolute Gasteiger partial charge is 0.384 e. The molecule has 1 saturated heterocycles. The zero-order chi connectivity index (χ0) is 17.5. The van der Waals surface area contributed by atoms with Gasteiger partial charge in [-0.05, 0) is 37.3 Å². The van der Waals surface area contributed by atoms with Crippen molar-refractivity contribution in [2.24, 2.45) is 0 Å². The average molecular weight is 344 g/mol. The third-order valence-corrected chi connectivity index (χ3v) is 4.47. The summed E-state index contributed by atoms with van der Waals surface area (Å²) in [5.74, 6) is 1.30. The van der Waals surface area contributed by atoms with E-state index in [0.717, 1.165) is 31.4 Å². The topological polar surface area (TPSA) is 81.4 Å². The average Bonchev–Trinajstić information content (AvgIpc) is 3.14. The fraction of sp³-hybridized carbons (Fsp3) is 0.556. The molecule has 1 fully saturated rings. The highest BCUT2D eigenvalue weighted by Gasteiger charge is 2.31. The van der Waals surface area contributed by atoms with Gasteiger partial charge in [0.25, 0.3) is 0 Å². The molecule has 0 N–H and O–H groups in total. The van der Waals surface area contributed by atoms with Crippen molar-refractivity contribution in [3.63, 3.8) is 0 Å². The molecule has 1 aliphatic heterocycles. The van der Waals surface area contributed by atoms with Gasteiger partial charge < -0.3 is 14.2 Å². The number of aromatic nitrogens is 3. The first kappa shape index (κ1) is 17.5. The van der Waals surface area contributed by atoms with Gasteiger partial charge in [0.2, 0.25) is 11.8 Å². The Morgan fingerprint density at radius 2 is 2.32 bits per heavy atom. The van der Waals surface area contributed by atoms with Crippen LogP contribution in [0, 0.1) is 0 Å². The van der Waals surface area contributed by atoms with E-state index in [1.54, 1.807) is 19.5 Å². The zero-order valence-corrected chi connectivity index (χ0v) is 14.6. The molecule has 2 aromatic rings. The van der Waals surface area contributed by atoms with Gasteiger partial charge in [-0.15, -0.1) is 0 Å². The number of pyridine rings is 1. The van der Waals surface area contributed by atoms with E-state index in [1.165, 1.54) is 0 Å². The molecule has 0 bridgehead atoms. The van der Waals surface area contributed by atoms with E-state index in [1.807, 2.05) is 17.0 Å². The van der Waals surface area contributed by atoms with Crippen LogP contribution >= 0.6 is 0 Å². The standard InChI is InChI=1S/C18H24N4O3/c1-24-12-9-16-20-18(25-21-16)15-6-2-3-11-22(15)17(23)8-7-14-5-4-10-19-13-14/h4-5,10,13,15H,2-3,6-9,11-12H2,1H3. The quantitative estimate of drug-likeness (QED) is 0.767. The van der Waals surface area contributed by atoms with Crippen LogP contribution in [0.4, 0.5) is 0 Å². The lowest BCUT2D eigenvalue weighted by molar-refractivity contribution is -0.135. The van der Waals surface area contributed by atoms with Gasteiger partial charge in [-0.2, -0.15) is 4.98 Å². The molecule has 7 nitrogen and oxygen atoms in total. The van der Waals surface area contributed by atoms with Crippen molar-refractivity contribution in [1.29, 1.82) is 0 Å². The summed E-state index contributed by atoms with van der Waals surface area (Å²) in [6.07, 6.45) is 8.26. The van der Waals surface area contributed by atoms with Crippen LogP contribution in [0.15, 0.2) is 29.0 Å². The minimum Gasteiger partial charge on any atom is -0.384 e. The Labute approximate surface area is 147 Å². The molecule has 1 aliphatic rings. The molecule has 1 unspecified atom stereocenters. The van der Waals surface area contributed by atoms with Crippen LogP contribution in [0.2, 0.25) is 0 Å². The van der Waals surface area contributed by atoms with E-state index >= 15 is 0 Å². The molecule has 0 aromatic carbocycles. The fourth-order valence-electron chi connectivity index (χ4n) is 3.13. The first-order valence-corrected chi connectivity index (χ1v) is 8.77. The molecule has 0 radical (unpaired) electrons. The van der Waals surface area contributed by atoms with E-state index in [0.29, 0.717) is 37.6 Å². The summed E-state index contributed by atoms with van der Waals surface area (Å²) in [4.78, 5) is 23.2. The number of methoxy groups -OCH3 is 1. The molecule has 7 heteroatoms. The van der Waals surface area contributed by atoms with Crippen LogP contribution in [-0.4, -0.2) is 46.2 Å². The number of piperidine rings is 1. The third-order valence-electron chi connectivity index (χ3n) is 4.47. The smallest absolute Gasteiger partial charge is 0.249 e. The first-order valence-electron chi connectivity index (χ1n) is 8.77. The van der Waals surface area contributed by atoms with E-state index in [4.69, 9.17) is 9.26 Å². The highest BCUT2D eigenvalue weighted by molar-refractivity contribution is 5.77. The van der Waals surface area contributed by atoms with Crippen LogP contribution in [-0.2, 0) is 22.4 Å². The molecule has 0 saturated carbocycles. The molecule has 3 rings (SSSR count).